The minimum absolute atomic E-state index is 0.225. The van der Waals surface area contributed by atoms with Crippen molar-refractivity contribution in [2.75, 3.05) is 13.1 Å². The standard InChI is InChI=1S/C10H18N2O/c13-10-8-4-2-1-3-5-9(12-10)7-11-6-8/h8-9,11H,1-7H2,(H,12,13). The summed E-state index contributed by atoms with van der Waals surface area (Å²) in [5, 5.41) is 6.48. The van der Waals surface area contributed by atoms with Gasteiger partial charge in [0.2, 0.25) is 5.91 Å². The summed E-state index contributed by atoms with van der Waals surface area (Å²) < 4.78 is 0. The highest BCUT2D eigenvalue weighted by Crippen LogP contribution is 2.17. The highest BCUT2D eigenvalue weighted by atomic mass is 16.2. The molecule has 0 radical (unpaired) electrons. The van der Waals surface area contributed by atoms with Gasteiger partial charge in [-0.05, 0) is 12.8 Å². The van der Waals surface area contributed by atoms with Crippen molar-refractivity contribution in [1.29, 1.82) is 0 Å². The van der Waals surface area contributed by atoms with Crippen LogP contribution in [0.1, 0.15) is 32.1 Å². The Morgan fingerprint density at radius 1 is 1.08 bits per heavy atom. The van der Waals surface area contributed by atoms with Gasteiger partial charge >= 0.3 is 0 Å². The number of carbonyl (C=O) groups is 1. The van der Waals surface area contributed by atoms with Crippen LogP contribution in [-0.4, -0.2) is 25.0 Å². The minimum Gasteiger partial charge on any atom is -0.352 e. The number of carbonyl (C=O) groups excluding carboxylic acids is 1. The molecule has 74 valence electrons. The van der Waals surface area contributed by atoms with E-state index in [0.29, 0.717) is 6.04 Å². The third-order valence-corrected chi connectivity index (χ3v) is 3.10. The lowest BCUT2D eigenvalue weighted by molar-refractivity contribution is -0.125. The van der Waals surface area contributed by atoms with Crippen LogP contribution in [0.15, 0.2) is 0 Å². The van der Waals surface area contributed by atoms with Crippen molar-refractivity contribution in [3.8, 4) is 0 Å². The van der Waals surface area contributed by atoms with Gasteiger partial charge in [-0.1, -0.05) is 19.3 Å². The molecule has 2 N–H and O–H groups in total. The molecule has 0 aromatic carbocycles. The van der Waals surface area contributed by atoms with E-state index in [4.69, 9.17) is 0 Å². The van der Waals surface area contributed by atoms with E-state index in [1.54, 1.807) is 0 Å². The average Bonchev–Trinajstić information content (AvgIpc) is 2.25. The highest BCUT2D eigenvalue weighted by Gasteiger charge is 2.25. The molecule has 1 amide bonds. The van der Waals surface area contributed by atoms with E-state index in [0.717, 1.165) is 25.9 Å². The molecule has 0 spiro atoms. The first-order valence-electron chi connectivity index (χ1n) is 5.37. The Hall–Kier alpha value is -0.570. The van der Waals surface area contributed by atoms with Crippen molar-refractivity contribution in [2.45, 2.75) is 38.1 Å². The molecule has 2 heterocycles. The molecule has 2 atom stereocenters. The molecule has 2 bridgehead atoms. The number of nitrogens with one attached hydrogen (secondary N) is 2. The Morgan fingerprint density at radius 3 is 2.85 bits per heavy atom. The molecular formula is C10H18N2O. The van der Waals surface area contributed by atoms with Gasteiger partial charge in [-0.3, -0.25) is 4.79 Å². The second-order valence-corrected chi connectivity index (χ2v) is 4.20. The molecule has 0 aromatic heterocycles. The number of rotatable bonds is 0. The van der Waals surface area contributed by atoms with Crippen LogP contribution in [0.2, 0.25) is 0 Å². The van der Waals surface area contributed by atoms with Gasteiger partial charge in [0, 0.05) is 19.1 Å². The average molecular weight is 182 g/mol. The fraction of sp³-hybridized carbons (Fsp3) is 0.900. The summed E-state index contributed by atoms with van der Waals surface area (Å²) in [4.78, 5) is 11.7. The zero-order chi connectivity index (χ0) is 9.10. The van der Waals surface area contributed by atoms with Crippen LogP contribution in [0, 0.1) is 5.92 Å². The lowest BCUT2D eigenvalue weighted by Crippen LogP contribution is -2.38. The molecule has 0 aliphatic carbocycles. The van der Waals surface area contributed by atoms with Gasteiger partial charge in [-0.25, -0.2) is 0 Å². The van der Waals surface area contributed by atoms with Crippen LogP contribution in [0.25, 0.3) is 0 Å². The molecule has 2 aliphatic rings. The summed E-state index contributed by atoms with van der Waals surface area (Å²) in [6.45, 7) is 1.84. The zero-order valence-corrected chi connectivity index (χ0v) is 8.01. The Balaban J connectivity index is 2.06. The first kappa shape index (κ1) is 9.00. The van der Waals surface area contributed by atoms with Gasteiger partial charge in [0.1, 0.15) is 0 Å². The molecule has 2 saturated heterocycles. The highest BCUT2D eigenvalue weighted by molar-refractivity contribution is 5.79. The molecule has 2 unspecified atom stereocenters. The number of amides is 1. The van der Waals surface area contributed by atoms with Crippen molar-refractivity contribution in [1.82, 2.24) is 10.6 Å². The SMILES string of the molecule is O=C1NC2CCCCCC1CNC2. The molecule has 2 aliphatic heterocycles. The number of hydrogen-bond donors (Lipinski definition) is 2. The van der Waals surface area contributed by atoms with Gasteiger partial charge in [-0.2, -0.15) is 0 Å². The molecule has 13 heavy (non-hydrogen) atoms. The van der Waals surface area contributed by atoms with Crippen LogP contribution in [0.5, 0.6) is 0 Å². The Kier molecular flexibility index (Phi) is 2.83. The van der Waals surface area contributed by atoms with E-state index in [1.165, 1.54) is 19.3 Å². The van der Waals surface area contributed by atoms with Crippen molar-refractivity contribution < 1.29 is 4.79 Å². The third kappa shape index (κ3) is 2.21. The van der Waals surface area contributed by atoms with Gasteiger partial charge in [-0.15, -0.1) is 0 Å². The van der Waals surface area contributed by atoms with Crippen molar-refractivity contribution >= 4 is 5.91 Å². The van der Waals surface area contributed by atoms with E-state index in [-0.39, 0.29) is 11.8 Å². The molecule has 0 saturated carbocycles. The molecule has 3 heteroatoms. The van der Waals surface area contributed by atoms with Crippen molar-refractivity contribution in [2.24, 2.45) is 5.92 Å². The summed E-state index contributed by atoms with van der Waals surface area (Å²) in [5.74, 6) is 0.500. The van der Waals surface area contributed by atoms with Gasteiger partial charge < -0.3 is 10.6 Å². The van der Waals surface area contributed by atoms with Crippen molar-refractivity contribution in [3.63, 3.8) is 0 Å². The minimum atomic E-state index is 0.225. The first-order chi connectivity index (χ1) is 6.36. The summed E-state index contributed by atoms with van der Waals surface area (Å²) in [5.41, 5.74) is 0. The molecule has 2 fully saturated rings. The predicted molar refractivity (Wildman–Crippen MR) is 51.4 cm³/mol. The van der Waals surface area contributed by atoms with E-state index in [1.807, 2.05) is 0 Å². The number of hydrogen-bond acceptors (Lipinski definition) is 2. The van der Waals surface area contributed by atoms with Crippen LogP contribution >= 0.6 is 0 Å². The molecule has 2 rings (SSSR count). The Bertz CT molecular complexity index is 193. The van der Waals surface area contributed by atoms with Gasteiger partial charge in [0.15, 0.2) is 0 Å². The normalized spacial score (nSPS) is 35.5. The summed E-state index contributed by atoms with van der Waals surface area (Å²) in [6.07, 6.45) is 5.98. The van der Waals surface area contributed by atoms with Crippen LogP contribution in [0.4, 0.5) is 0 Å². The summed E-state index contributed by atoms with van der Waals surface area (Å²) in [6, 6.07) is 0.385. The monoisotopic (exact) mass is 182 g/mol. The number of fused-ring (bicyclic) bond motifs is 3. The lowest BCUT2D eigenvalue weighted by Gasteiger charge is -2.14. The maximum absolute atomic E-state index is 11.7. The van der Waals surface area contributed by atoms with Gasteiger partial charge in [0.25, 0.3) is 0 Å². The van der Waals surface area contributed by atoms with Crippen LogP contribution in [-0.2, 0) is 4.79 Å². The predicted octanol–water partition coefficient (Wildman–Crippen LogP) is 0.655. The Labute approximate surface area is 79.3 Å². The maximum atomic E-state index is 11.7. The Morgan fingerprint density at radius 2 is 1.92 bits per heavy atom. The lowest BCUT2D eigenvalue weighted by atomic mass is 10.00. The molecular weight excluding hydrogens is 164 g/mol. The quantitative estimate of drug-likeness (QED) is 0.577. The fourth-order valence-corrected chi connectivity index (χ4v) is 2.26. The fourth-order valence-electron chi connectivity index (χ4n) is 2.26. The maximum Gasteiger partial charge on any atom is 0.224 e. The van der Waals surface area contributed by atoms with E-state index in [2.05, 4.69) is 10.6 Å². The van der Waals surface area contributed by atoms with E-state index in [9.17, 15) is 4.79 Å². The topological polar surface area (TPSA) is 41.1 Å². The van der Waals surface area contributed by atoms with E-state index >= 15 is 0 Å². The smallest absolute Gasteiger partial charge is 0.224 e. The third-order valence-electron chi connectivity index (χ3n) is 3.10. The second kappa shape index (κ2) is 4.09. The molecule has 0 aromatic rings. The zero-order valence-electron chi connectivity index (χ0n) is 8.01. The largest absolute Gasteiger partial charge is 0.352 e. The summed E-state index contributed by atoms with van der Waals surface area (Å²) >= 11 is 0. The molecule has 3 nitrogen and oxygen atoms in total. The van der Waals surface area contributed by atoms with E-state index < -0.39 is 0 Å². The van der Waals surface area contributed by atoms with Crippen molar-refractivity contribution in [3.05, 3.63) is 0 Å². The van der Waals surface area contributed by atoms with Crippen LogP contribution < -0.4 is 10.6 Å². The summed E-state index contributed by atoms with van der Waals surface area (Å²) in [7, 11) is 0. The van der Waals surface area contributed by atoms with Gasteiger partial charge in [0.05, 0.1) is 5.92 Å². The van der Waals surface area contributed by atoms with Crippen LogP contribution in [0.3, 0.4) is 0 Å². The first-order valence-corrected chi connectivity index (χ1v) is 5.37. The second-order valence-electron chi connectivity index (χ2n) is 4.20.